The molecule has 38 heteroatoms. The smallest absolute Gasteiger partial charge is 0.274 e. The van der Waals surface area contributed by atoms with Crippen molar-refractivity contribution >= 4 is 60.0 Å². The highest BCUT2D eigenvalue weighted by atomic mass is 16.6. The van der Waals surface area contributed by atoms with Gasteiger partial charge in [-0.1, -0.05) is 18.2 Å². The van der Waals surface area contributed by atoms with Crippen LogP contribution in [0.4, 0.5) is 34.9 Å². The van der Waals surface area contributed by atoms with Crippen molar-refractivity contribution in [1.82, 2.24) is 50.4 Å². The Balaban J connectivity index is 0.000000224. The van der Waals surface area contributed by atoms with Crippen LogP contribution in [0.15, 0.2) is 139 Å². The zero-order valence-corrected chi connectivity index (χ0v) is 53.0. The number of carbonyl (C=O) groups is 1. The van der Waals surface area contributed by atoms with Crippen molar-refractivity contribution in [3.63, 3.8) is 0 Å². The number of nitro groups is 3. The first-order chi connectivity index (χ1) is 47.0. The van der Waals surface area contributed by atoms with Crippen molar-refractivity contribution < 1.29 is 63.3 Å². The summed E-state index contributed by atoms with van der Waals surface area (Å²) in [6, 6.07) is 26.3. The number of carbonyl (C=O) groups excluding carboxylic acids is 1. The van der Waals surface area contributed by atoms with Gasteiger partial charge in [-0.3, -0.25) is 64.5 Å². The maximum Gasteiger partial charge on any atom is 0.274 e. The second-order valence-electron chi connectivity index (χ2n) is 19.6. The van der Waals surface area contributed by atoms with E-state index in [0.717, 1.165) is 59.9 Å². The molecule has 98 heavy (non-hydrogen) atoms. The van der Waals surface area contributed by atoms with Gasteiger partial charge in [-0.2, -0.15) is 15.3 Å². The number of anilines is 3. The van der Waals surface area contributed by atoms with Gasteiger partial charge in [0.25, 0.3) is 33.7 Å². The van der Waals surface area contributed by atoms with Crippen LogP contribution in [0, 0.1) is 30.3 Å². The third-order valence-electron chi connectivity index (χ3n) is 12.8. The fourth-order valence-electron chi connectivity index (χ4n) is 7.90. The molecule has 0 fully saturated rings. The number of non-ortho nitro benzene ring substituents is 3. The summed E-state index contributed by atoms with van der Waals surface area (Å²) in [6.45, 7) is 0. The van der Waals surface area contributed by atoms with Crippen molar-refractivity contribution in [2.75, 3.05) is 73.0 Å². The summed E-state index contributed by atoms with van der Waals surface area (Å²) in [7, 11) is 12.5. The molecule has 38 nitrogen and oxygen atoms in total. The van der Waals surface area contributed by atoms with Crippen LogP contribution in [0.2, 0.25) is 0 Å². The quantitative estimate of drug-likeness (QED) is 0.0154. The van der Waals surface area contributed by atoms with Crippen molar-refractivity contribution in [3.05, 3.63) is 221 Å². The fourth-order valence-corrected chi connectivity index (χ4v) is 7.90. The van der Waals surface area contributed by atoms with E-state index in [2.05, 4.69) is 77.1 Å². The number of hydrazone groups is 3. The van der Waals surface area contributed by atoms with Gasteiger partial charge in [0.2, 0.25) is 24.3 Å². The van der Waals surface area contributed by atoms with E-state index in [1.807, 2.05) is 0 Å². The molecule has 0 saturated carbocycles. The lowest BCUT2D eigenvalue weighted by Gasteiger charge is -2.09. The second-order valence-corrected chi connectivity index (χ2v) is 19.6. The van der Waals surface area contributed by atoms with Crippen LogP contribution in [0.3, 0.4) is 0 Å². The molecule has 0 radical (unpaired) electrons. The molecule has 1 amide bonds. The fraction of sp³-hybridized carbons (Fsp3) is 0.183. The van der Waals surface area contributed by atoms with Crippen LogP contribution < -0.4 is 61.4 Å². The summed E-state index contributed by atoms with van der Waals surface area (Å²) in [5.74, 6) is 2.59. The van der Waals surface area contributed by atoms with Gasteiger partial charge in [0.1, 0.15) is 34.3 Å². The molecular weight excluding hydrogens is 1290 g/mol. The van der Waals surface area contributed by atoms with Crippen molar-refractivity contribution in [3.8, 4) is 51.7 Å². The lowest BCUT2D eigenvalue weighted by atomic mass is 10.1. The van der Waals surface area contributed by atoms with Crippen LogP contribution in [0.1, 0.15) is 50.5 Å². The molecule has 0 unspecified atom stereocenters. The zero-order valence-electron chi connectivity index (χ0n) is 53.0. The SMILES string of the molecule is CN(C)C=O.COc1ccc(Cc2nnc(N/N=C/c3cc([N+](=O)[O-])ccc3O)[nH]c2=O)cc1OC.COc1ccc(Cc2nnc(N/N=C/c3cc([N+](=O)[O-])ccc3O)[nH]c2=O)cc1OC.COc1ccc(Cc2nnc(N/N=C/c3cc([N+](=O)[O-])ccc3O)[nH]c2=O)cc1OC. The van der Waals surface area contributed by atoms with Gasteiger partial charge < -0.3 is 48.6 Å². The Morgan fingerprint density at radius 3 is 0.898 bits per heavy atom. The Bertz CT molecular complexity index is 4140. The number of H-pyrrole nitrogens is 3. The van der Waals surface area contributed by atoms with Gasteiger partial charge in [-0.15, -0.1) is 30.6 Å². The number of ether oxygens (including phenoxy) is 6. The van der Waals surface area contributed by atoms with Crippen LogP contribution in [-0.2, 0) is 24.1 Å². The average molecular weight is 1350 g/mol. The molecule has 0 bridgehead atoms. The zero-order chi connectivity index (χ0) is 71.4. The van der Waals surface area contributed by atoms with Crippen LogP contribution >= 0.6 is 0 Å². The predicted molar refractivity (Wildman–Crippen MR) is 353 cm³/mol. The number of amides is 1. The van der Waals surface area contributed by atoms with E-state index in [9.17, 15) is 64.8 Å². The first-order valence-electron chi connectivity index (χ1n) is 27.9. The van der Waals surface area contributed by atoms with E-state index in [-0.39, 0.29) is 105 Å². The molecular formula is C60H61N19O19. The molecule has 0 atom stereocenters. The topological polar surface area (TPSA) is 515 Å². The van der Waals surface area contributed by atoms with Crippen LogP contribution in [0.5, 0.6) is 51.7 Å². The number of nitrogens with zero attached hydrogens (tertiary/aromatic N) is 13. The van der Waals surface area contributed by atoms with Crippen LogP contribution in [0.25, 0.3) is 0 Å². The number of hydrogen-bond donors (Lipinski definition) is 9. The minimum absolute atomic E-state index is 0.0396. The number of aromatic nitrogens is 9. The number of nitrogens with one attached hydrogen (secondary N) is 6. The maximum absolute atomic E-state index is 12.3. The van der Waals surface area contributed by atoms with Crippen molar-refractivity contribution in [1.29, 1.82) is 0 Å². The highest BCUT2D eigenvalue weighted by Crippen LogP contribution is 2.31. The molecule has 510 valence electrons. The third kappa shape index (κ3) is 21.3. The minimum Gasteiger partial charge on any atom is -0.507 e. The van der Waals surface area contributed by atoms with Gasteiger partial charge in [0, 0.05) is 86.4 Å². The van der Waals surface area contributed by atoms with Crippen molar-refractivity contribution in [2.24, 2.45) is 15.3 Å². The Labute approximate surface area is 552 Å². The molecule has 0 aliphatic rings. The normalized spacial score (nSPS) is 10.6. The summed E-state index contributed by atoms with van der Waals surface area (Å²) >= 11 is 0. The van der Waals surface area contributed by atoms with Gasteiger partial charge in [0.15, 0.2) is 34.5 Å². The lowest BCUT2D eigenvalue weighted by molar-refractivity contribution is -0.385. The molecule has 0 spiro atoms. The van der Waals surface area contributed by atoms with E-state index in [0.29, 0.717) is 34.5 Å². The van der Waals surface area contributed by atoms with Gasteiger partial charge in [0.05, 0.1) is 76.1 Å². The standard InChI is InChI=1S/3C19H18N6O6.C3H7NO/c3*1-30-16-6-3-11(8-17(16)31-2)7-14-18(27)21-19(24-22-14)23-20-10-12-9-13(25(28)29)4-5-15(12)26;1-4(2)3-5/h3*3-6,8-10,26H,7H2,1-2H3,(H2,21,23,24,27);3H,1-2H3/b3*20-10+;. The first-order valence-corrected chi connectivity index (χ1v) is 27.9. The number of phenols is 3. The Morgan fingerprint density at radius 1 is 0.429 bits per heavy atom. The average Bonchev–Trinajstić information content (AvgIpc) is 0.883. The molecule has 0 aliphatic heterocycles. The van der Waals surface area contributed by atoms with Crippen molar-refractivity contribution in [2.45, 2.75) is 19.3 Å². The largest absolute Gasteiger partial charge is 0.507 e. The number of phenolic OH excluding ortho intramolecular Hbond substituents is 3. The first kappa shape index (κ1) is 73.1. The van der Waals surface area contributed by atoms with E-state index < -0.39 is 31.4 Å². The van der Waals surface area contributed by atoms with E-state index in [1.165, 1.54) is 84.0 Å². The Morgan fingerprint density at radius 2 is 0.684 bits per heavy atom. The number of rotatable bonds is 25. The molecule has 0 aliphatic carbocycles. The monoisotopic (exact) mass is 1350 g/mol. The predicted octanol–water partition coefficient (Wildman–Crippen LogP) is 5.20. The van der Waals surface area contributed by atoms with Gasteiger partial charge >= 0.3 is 0 Å². The summed E-state index contributed by atoms with van der Waals surface area (Å²) in [4.78, 5) is 86.0. The van der Waals surface area contributed by atoms with Gasteiger partial charge in [-0.25, -0.2) is 16.3 Å². The molecule has 3 heterocycles. The highest BCUT2D eigenvalue weighted by molar-refractivity contribution is 5.86. The highest BCUT2D eigenvalue weighted by Gasteiger charge is 2.16. The maximum atomic E-state index is 12.3. The molecule has 0 saturated heterocycles. The summed E-state index contributed by atoms with van der Waals surface area (Å²) in [5, 5.41) is 96.5. The number of hydrogen-bond acceptors (Lipinski definition) is 31. The molecule has 9 rings (SSSR count). The molecule has 6 aromatic carbocycles. The summed E-state index contributed by atoms with van der Waals surface area (Å²) in [6.07, 6.45) is 4.86. The Hall–Kier alpha value is -14.0. The molecule has 9 aromatic rings. The summed E-state index contributed by atoms with van der Waals surface area (Å²) in [5.41, 5.74) is 8.55. The minimum atomic E-state index is -0.593. The number of benzene rings is 6. The summed E-state index contributed by atoms with van der Waals surface area (Å²) < 4.78 is 31.3. The number of aromatic hydroxyl groups is 3. The van der Waals surface area contributed by atoms with Crippen LogP contribution in [-0.4, -0.2) is 162 Å². The van der Waals surface area contributed by atoms with E-state index >= 15 is 0 Å². The Kier molecular flexibility index (Phi) is 26.7. The number of nitro benzene ring substituents is 3. The third-order valence-corrected chi connectivity index (χ3v) is 12.8. The number of methoxy groups -OCH3 is 6. The van der Waals surface area contributed by atoms with E-state index in [1.54, 1.807) is 68.7 Å². The molecule has 9 N–H and O–H groups in total. The number of aromatic amines is 3. The molecule has 3 aromatic heterocycles. The second kappa shape index (κ2) is 35.7. The lowest BCUT2D eigenvalue weighted by Crippen LogP contribution is -2.18. The van der Waals surface area contributed by atoms with Gasteiger partial charge in [-0.05, 0) is 71.3 Å². The van der Waals surface area contributed by atoms with E-state index in [4.69, 9.17) is 28.4 Å².